The Morgan fingerprint density at radius 3 is 2.25 bits per heavy atom. The lowest BCUT2D eigenvalue weighted by atomic mass is 9.90. The fourth-order valence-electron chi connectivity index (χ4n) is 5.17. The lowest BCUT2D eigenvalue weighted by Crippen LogP contribution is -2.29. The molecule has 1 heterocycles. The number of aryl methyl sites for hydroxylation is 2. The van der Waals surface area contributed by atoms with Crippen LogP contribution in [0.25, 0.3) is 5.76 Å². The van der Waals surface area contributed by atoms with Gasteiger partial charge in [-0.2, -0.15) is 0 Å². The molecule has 4 rings (SSSR count). The monoisotopic (exact) mass is 541 g/mol. The van der Waals surface area contributed by atoms with Crippen LogP contribution < -0.4 is 9.47 Å². The number of amides is 1. The van der Waals surface area contributed by atoms with Gasteiger partial charge in [0.15, 0.2) is 0 Å². The lowest BCUT2D eigenvalue weighted by molar-refractivity contribution is -0.140. The summed E-state index contributed by atoms with van der Waals surface area (Å²) in [5.41, 5.74) is 4.55. The highest BCUT2D eigenvalue weighted by Crippen LogP contribution is 2.42. The van der Waals surface area contributed by atoms with Crippen LogP contribution in [0.4, 0.5) is 0 Å². The van der Waals surface area contributed by atoms with Crippen molar-refractivity contribution in [2.24, 2.45) is 0 Å². The van der Waals surface area contributed by atoms with Crippen LogP contribution in [0.2, 0.25) is 0 Å². The van der Waals surface area contributed by atoms with Crippen molar-refractivity contribution < 1.29 is 24.2 Å². The zero-order valence-electron chi connectivity index (χ0n) is 24.7. The topological polar surface area (TPSA) is 76.1 Å². The van der Waals surface area contributed by atoms with E-state index in [1.165, 1.54) is 0 Å². The van der Waals surface area contributed by atoms with Gasteiger partial charge in [-0.1, -0.05) is 55.8 Å². The Kier molecular flexibility index (Phi) is 8.10. The van der Waals surface area contributed by atoms with Crippen molar-refractivity contribution in [3.63, 3.8) is 0 Å². The van der Waals surface area contributed by atoms with E-state index in [0.29, 0.717) is 5.56 Å². The molecule has 40 heavy (non-hydrogen) atoms. The molecule has 3 aromatic carbocycles. The van der Waals surface area contributed by atoms with Gasteiger partial charge in [-0.3, -0.25) is 9.59 Å². The van der Waals surface area contributed by atoms with Gasteiger partial charge in [0.1, 0.15) is 22.9 Å². The molecule has 1 aliphatic heterocycles. The highest BCUT2D eigenvalue weighted by molar-refractivity contribution is 6.46. The first-order valence-electron chi connectivity index (χ1n) is 13.6. The fourth-order valence-corrected chi connectivity index (χ4v) is 5.17. The van der Waals surface area contributed by atoms with Gasteiger partial charge in [0.25, 0.3) is 11.7 Å². The van der Waals surface area contributed by atoms with E-state index in [1.54, 1.807) is 12.0 Å². The molecule has 1 aliphatic rings. The van der Waals surface area contributed by atoms with Crippen LogP contribution in [0, 0.1) is 13.8 Å². The van der Waals surface area contributed by atoms with E-state index in [4.69, 9.17) is 9.47 Å². The summed E-state index contributed by atoms with van der Waals surface area (Å²) in [5, 5.41) is 11.7. The first kappa shape index (κ1) is 28.9. The van der Waals surface area contributed by atoms with Crippen molar-refractivity contribution in [1.82, 2.24) is 4.90 Å². The largest absolute Gasteiger partial charge is 0.507 e. The third-order valence-corrected chi connectivity index (χ3v) is 7.05. The Balaban J connectivity index is 1.83. The zero-order chi connectivity index (χ0) is 29.4. The molecule has 3 aromatic rings. The molecule has 0 spiro atoms. The summed E-state index contributed by atoms with van der Waals surface area (Å²) in [6.45, 7) is 14.1. The Hall–Kier alpha value is -4.06. The number of hydrogen-bond donors (Lipinski definition) is 1. The second-order valence-electron chi connectivity index (χ2n) is 11.8. The van der Waals surface area contributed by atoms with Crippen LogP contribution in [0.15, 0.2) is 66.2 Å². The first-order valence-corrected chi connectivity index (χ1v) is 13.6. The van der Waals surface area contributed by atoms with Gasteiger partial charge < -0.3 is 19.5 Å². The third-order valence-electron chi connectivity index (χ3n) is 7.05. The number of carbonyl (C=O) groups excluding carboxylic acids is 2. The van der Waals surface area contributed by atoms with Crippen molar-refractivity contribution >= 4 is 17.4 Å². The van der Waals surface area contributed by atoms with Crippen LogP contribution in [-0.2, 0) is 16.1 Å². The lowest BCUT2D eigenvalue weighted by Gasteiger charge is -2.26. The molecule has 0 radical (unpaired) electrons. The van der Waals surface area contributed by atoms with E-state index in [9.17, 15) is 14.7 Å². The molecule has 0 bridgehead atoms. The normalized spacial score (nSPS) is 17.0. The van der Waals surface area contributed by atoms with Gasteiger partial charge >= 0.3 is 0 Å². The zero-order valence-corrected chi connectivity index (χ0v) is 24.7. The number of methoxy groups -OCH3 is 1. The SMILES string of the molecule is COc1cc(C)c(/C(O)=C2\C(=O)C(=O)N(Cc3ccc(OC(C)(C)C)cc3)C2c2cccc(C)c2)cc1C(C)C. The molecule has 1 amide bonds. The molecule has 1 unspecified atom stereocenters. The number of aliphatic hydroxyl groups is 1. The summed E-state index contributed by atoms with van der Waals surface area (Å²) in [6.07, 6.45) is 0. The summed E-state index contributed by atoms with van der Waals surface area (Å²) in [7, 11) is 1.62. The Labute approximate surface area is 237 Å². The van der Waals surface area contributed by atoms with Crippen LogP contribution in [0.3, 0.4) is 0 Å². The van der Waals surface area contributed by atoms with E-state index in [1.807, 2.05) is 109 Å². The number of hydrogen-bond acceptors (Lipinski definition) is 5. The van der Waals surface area contributed by atoms with Gasteiger partial charge in [0.05, 0.1) is 18.7 Å². The number of ketones is 1. The Bertz CT molecular complexity index is 1460. The fraction of sp³-hybridized carbons (Fsp3) is 0.353. The third kappa shape index (κ3) is 5.91. The minimum atomic E-state index is -0.741. The number of ether oxygens (including phenoxy) is 2. The Morgan fingerprint density at radius 1 is 1.00 bits per heavy atom. The molecule has 1 N–H and O–H groups in total. The van der Waals surface area contributed by atoms with Gasteiger partial charge in [0, 0.05) is 12.1 Å². The number of carbonyl (C=O) groups is 2. The number of benzene rings is 3. The van der Waals surface area contributed by atoms with Gasteiger partial charge in [-0.15, -0.1) is 0 Å². The maximum absolute atomic E-state index is 13.6. The molecule has 6 nitrogen and oxygen atoms in total. The maximum atomic E-state index is 13.6. The van der Waals surface area contributed by atoms with Gasteiger partial charge in [-0.25, -0.2) is 0 Å². The average Bonchev–Trinajstić information content (AvgIpc) is 3.13. The van der Waals surface area contributed by atoms with Crippen LogP contribution in [0.1, 0.15) is 80.0 Å². The number of nitrogens with zero attached hydrogens (tertiary/aromatic N) is 1. The molecule has 1 saturated heterocycles. The minimum Gasteiger partial charge on any atom is -0.507 e. The van der Waals surface area contributed by atoms with Crippen LogP contribution >= 0.6 is 0 Å². The molecule has 1 fully saturated rings. The van der Waals surface area contributed by atoms with E-state index in [-0.39, 0.29) is 29.4 Å². The number of rotatable bonds is 7. The standard InChI is InChI=1S/C34H39NO5/c1-20(2)26-18-27(22(4)17-28(26)39-8)31(36)29-30(24-11-9-10-21(3)16-24)35(33(38)32(29)37)19-23-12-14-25(15-13-23)40-34(5,6)7/h9-18,20,30,36H,19H2,1-8H3/b31-29+. The summed E-state index contributed by atoms with van der Waals surface area (Å²) in [4.78, 5) is 28.7. The molecule has 0 saturated carbocycles. The van der Waals surface area contributed by atoms with Crippen molar-refractivity contribution in [2.75, 3.05) is 7.11 Å². The summed E-state index contributed by atoms with van der Waals surface area (Å²) in [5.74, 6) is 0.0603. The minimum absolute atomic E-state index is 0.0891. The van der Waals surface area contributed by atoms with Crippen molar-refractivity contribution in [3.05, 3.63) is 99.6 Å². The molecule has 0 aliphatic carbocycles. The summed E-state index contributed by atoms with van der Waals surface area (Å²) < 4.78 is 11.5. The second-order valence-corrected chi connectivity index (χ2v) is 11.8. The van der Waals surface area contributed by atoms with Gasteiger partial charge in [-0.05, 0) is 87.1 Å². The highest BCUT2D eigenvalue weighted by atomic mass is 16.5. The maximum Gasteiger partial charge on any atom is 0.295 e. The van der Waals surface area contributed by atoms with Crippen molar-refractivity contribution in [2.45, 2.75) is 72.6 Å². The molecule has 1 atom stereocenters. The van der Waals surface area contributed by atoms with Crippen LogP contribution in [-0.4, -0.2) is 34.4 Å². The number of Topliss-reactive ketones (excluding diaryl/α,β-unsaturated/α-hetero) is 1. The molecule has 210 valence electrons. The molecular formula is C34H39NO5. The number of likely N-dealkylation sites (tertiary alicyclic amines) is 1. The van der Waals surface area contributed by atoms with Gasteiger partial charge in [0.2, 0.25) is 0 Å². The van der Waals surface area contributed by atoms with E-state index in [2.05, 4.69) is 0 Å². The Morgan fingerprint density at radius 2 is 1.68 bits per heavy atom. The molecular weight excluding hydrogens is 502 g/mol. The van der Waals surface area contributed by atoms with Crippen molar-refractivity contribution in [1.29, 1.82) is 0 Å². The van der Waals surface area contributed by atoms with E-state index < -0.39 is 17.7 Å². The summed E-state index contributed by atoms with van der Waals surface area (Å²) >= 11 is 0. The first-order chi connectivity index (χ1) is 18.8. The van der Waals surface area contributed by atoms with E-state index >= 15 is 0 Å². The average molecular weight is 542 g/mol. The predicted molar refractivity (Wildman–Crippen MR) is 158 cm³/mol. The highest BCUT2D eigenvalue weighted by Gasteiger charge is 2.46. The molecule has 6 heteroatoms. The van der Waals surface area contributed by atoms with E-state index in [0.717, 1.165) is 39.3 Å². The second kappa shape index (κ2) is 11.2. The summed E-state index contributed by atoms with van der Waals surface area (Å²) in [6, 6.07) is 18.2. The molecule has 0 aromatic heterocycles. The smallest absolute Gasteiger partial charge is 0.295 e. The number of aliphatic hydroxyl groups excluding tert-OH is 1. The predicted octanol–water partition coefficient (Wildman–Crippen LogP) is 7.23. The van der Waals surface area contributed by atoms with Crippen LogP contribution in [0.5, 0.6) is 11.5 Å². The van der Waals surface area contributed by atoms with Crippen molar-refractivity contribution in [3.8, 4) is 11.5 Å². The quantitative estimate of drug-likeness (QED) is 0.194.